The summed E-state index contributed by atoms with van der Waals surface area (Å²) in [6.07, 6.45) is 16.4. The van der Waals surface area contributed by atoms with Crippen LogP contribution < -0.4 is 4.90 Å². The number of rotatable bonds is 8. The summed E-state index contributed by atoms with van der Waals surface area (Å²) in [5.41, 5.74) is 20.1. The molecule has 2 heterocycles. The summed E-state index contributed by atoms with van der Waals surface area (Å²) in [4.78, 5) is 2.49. The maximum absolute atomic E-state index is 6.59. The Hall–Kier alpha value is -8.66. The van der Waals surface area contributed by atoms with Crippen LogP contribution in [0.4, 0.5) is 11.4 Å². The standard InChI is InChI=1S/C66H48N2O/c1-2-14-55(50-28-27-44-15-3-4-17-48(44)41-50)47-31-37-53(38-32-47)67(62-24-10-7-20-56(62)51-34-40-65-61(43-51)60-39-33-46-16-5-6-21-57(46)66(60)69-65)52-35-29-45(30-36-52)49-18-13-19-54(42-49)68-63-25-11-8-22-58(63)59-23-9-12-26-64(59)68/h2-9,11-23,25-40,42-43H,10,24,41H2,1H3/b14-2-,55-50+. The van der Waals surface area contributed by atoms with Crippen LogP contribution in [0.3, 0.4) is 0 Å². The van der Waals surface area contributed by atoms with Crippen LogP contribution >= 0.6 is 0 Å². The fourth-order valence-electron chi connectivity index (χ4n) is 11.0. The molecule has 0 atom stereocenters. The molecule has 69 heavy (non-hydrogen) atoms. The molecule has 11 aromatic rings. The minimum absolute atomic E-state index is 0.892. The monoisotopic (exact) mass is 884 g/mol. The molecule has 2 aromatic heterocycles. The molecule has 2 aliphatic rings. The van der Waals surface area contributed by atoms with E-state index in [0.717, 1.165) is 63.6 Å². The molecule has 3 heteroatoms. The Balaban J connectivity index is 0.930. The van der Waals surface area contributed by atoms with Crippen LogP contribution in [0.1, 0.15) is 42.0 Å². The highest BCUT2D eigenvalue weighted by Gasteiger charge is 2.23. The lowest BCUT2D eigenvalue weighted by Gasteiger charge is -2.32. The van der Waals surface area contributed by atoms with Gasteiger partial charge in [0.2, 0.25) is 0 Å². The van der Waals surface area contributed by atoms with Gasteiger partial charge in [0.15, 0.2) is 0 Å². The van der Waals surface area contributed by atoms with Crippen molar-refractivity contribution in [1.29, 1.82) is 0 Å². The van der Waals surface area contributed by atoms with Crippen LogP contribution in [0.15, 0.2) is 246 Å². The minimum atomic E-state index is 0.892. The first kappa shape index (κ1) is 40.6. The molecule has 2 aliphatic carbocycles. The van der Waals surface area contributed by atoms with Crippen LogP contribution in [0.2, 0.25) is 0 Å². The predicted molar refractivity (Wildman–Crippen MR) is 292 cm³/mol. The maximum Gasteiger partial charge on any atom is 0.143 e. The molecule has 0 N–H and O–H groups in total. The zero-order valence-electron chi connectivity index (χ0n) is 38.4. The molecule has 9 aromatic carbocycles. The first-order chi connectivity index (χ1) is 34.2. The van der Waals surface area contributed by atoms with Gasteiger partial charge in [-0.05, 0) is 143 Å². The van der Waals surface area contributed by atoms with E-state index in [1.165, 1.54) is 83.0 Å². The second-order valence-corrected chi connectivity index (χ2v) is 18.3. The van der Waals surface area contributed by atoms with E-state index in [4.69, 9.17) is 4.42 Å². The fraction of sp³-hybridized carbons (Fsp3) is 0.0606. The molecule has 0 radical (unpaired) electrons. The first-order valence-electron chi connectivity index (χ1n) is 24.1. The van der Waals surface area contributed by atoms with Gasteiger partial charge in [-0.2, -0.15) is 0 Å². The number of para-hydroxylation sites is 2. The number of furan rings is 1. The summed E-state index contributed by atoms with van der Waals surface area (Å²) >= 11 is 0. The molecule has 328 valence electrons. The third kappa shape index (κ3) is 7.05. The number of allylic oxidation sites excluding steroid dienone is 9. The van der Waals surface area contributed by atoms with E-state index < -0.39 is 0 Å². The molecule has 0 spiro atoms. The lowest BCUT2D eigenvalue weighted by Crippen LogP contribution is -2.19. The molecule has 3 nitrogen and oxygen atoms in total. The summed E-state index contributed by atoms with van der Waals surface area (Å²) < 4.78 is 8.98. The largest absolute Gasteiger partial charge is 0.455 e. The van der Waals surface area contributed by atoms with Crippen molar-refractivity contribution >= 4 is 83.1 Å². The van der Waals surface area contributed by atoms with Gasteiger partial charge in [-0.25, -0.2) is 0 Å². The van der Waals surface area contributed by atoms with Crippen LogP contribution in [0.5, 0.6) is 0 Å². The molecule has 0 aliphatic heterocycles. The van der Waals surface area contributed by atoms with E-state index in [1.807, 2.05) is 0 Å². The van der Waals surface area contributed by atoms with E-state index >= 15 is 0 Å². The number of hydrogen-bond acceptors (Lipinski definition) is 2. The molecule has 0 saturated heterocycles. The number of fused-ring (bicyclic) bond motifs is 9. The highest BCUT2D eigenvalue weighted by Crippen LogP contribution is 2.43. The van der Waals surface area contributed by atoms with Crippen LogP contribution in [0.25, 0.3) is 88.6 Å². The van der Waals surface area contributed by atoms with Gasteiger partial charge in [0, 0.05) is 55.3 Å². The van der Waals surface area contributed by atoms with Crippen molar-refractivity contribution in [3.05, 3.63) is 264 Å². The van der Waals surface area contributed by atoms with Crippen molar-refractivity contribution in [2.75, 3.05) is 4.90 Å². The van der Waals surface area contributed by atoms with E-state index in [-0.39, 0.29) is 0 Å². The molecular weight excluding hydrogens is 837 g/mol. The summed E-state index contributed by atoms with van der Waals surface area (Å²) in [7, 11) is 0. The van der Waals surface area contributed by atoms with Crippen molar-refractivity contribution in [2.45, 2.75) is 26.2 Å². The Morgan fingerprint density at radius 3 is 2.06 bits per heavy atom. The Bertz CT molecular complexity index is 3930. The molecule has 0 fully saturated rings. The minimum Gasteiger partial charge on any atom is -0.455 e. The molecule has 0 amide bonds. The van der Waals surface area contributed by atoms with Gasteiger partial charge in [-0.3, -0.25) is 0 Å². The summed E-state index contributed by atoms with van der Waals surface area (Å²) in [6.45, 7) is 2.11. The summed E-state index contributed by atoms with van der Waals surface area (Å²) in [5, 5.41) is 7.12. The van der Waals surface area contributed by atoms with Crippen molar-refractivity contribution < 1.29 is 4.42 Å². The highest BCUT2D eigenvalue weighted by atomic mass is 16.3. The number of anilines is 2. The number of nitrogens with zero attached hydrogens (tertiary/aromatic N) is 2. The molecule has 13 rings (SSSR count). The number of aromatic nitrogens is 1. The zero-order valence-corrected chi connectivity index (χ0v) is 38.4. The van der Waals surface area contributed by atoms with Gasteiger partial charge in [0.25, 0.3) is 0 Å². The van der Waals surface area contributed by atoms with Gasteiger partial charge >= 0.3 is 0 Å². The van der Waals surface area contributed by atoms with Gasteiger partial charge < -0.3 is 13.9 Å². The van der Waals surface area contributed by atoms with Gasteiger partial charge in [0.05, 0.1) is 11.0 Å². The third-order valence-electron chi connectivity index (χ3n) is 14.2. The molecule has 0 saturated carbocycles. The van der Waals surface area contributed by atoms with E-state index in [0.29, 0.717) is 0 Å². The predicted octanol–water partition coefficient (Wildman–Crippen LogP) is 18.0. The number of hydrogen-bond donors (Lipinski definition) is 0. The lowest BCUT2D eigenvalue weighted by atomic mass is 9.88. The van der Waals surface area contributed by atoms with Gasteiger partial charge in [0.1, 0.15) is 11.2 Å². The zero-order chi connectivity index (χ0) is 45.8. The molecular formula is C66H48N2O. The normalized spacial score (nSPS) is 14.5. The van der Waals surface area contributed by atoms with Crippen molar-refractivity contribution in [3.8, 4) is 16.8 Å². The fourth-order valence-corrected chi connectivity index (χ4v) is 11.0. The highest BCUT2D eigenvalue weighted by molar-refractivity contribution is 6.15. The van der Waals surface area contributed by atoms with E-state index in [9.17, 15) is 0 Å². The first-order valence-corrected chi connectivity index (χ1v) is 24.1. The smallest absolute Gasteiger partial charge is 0.143 e. The Morgan fingerprint density at radius 2 is 1.26 bits per heavy atom. The van der Waals surface area contributed by atoms with E-state index in [1.54, 1.807) is 0 Å². The van der Waals surface area contributed by atoms with Crippen LogP contribution in [-0.2, 0) is 6.42 Å². The van der Waals surface area contributed by atoms with Crippen molar-refractivity contribution in [3.63, 3.8) is 0 Å². The molecule has 0 bridgehead atoms. The average Bonchev–Trinajstić information content (AvgIpc) is 3.97. The lowest BCUT2D eigenvalue weighted by molar-refractivity contribution is 0.672. The maximum atomic E-state index is 6.59. The summed E-state index contributed by atoms with van der Waals surface area (Å²) in [5.74, 6) is 0. The SMILES string of the molecule is C/C=C\C(=C1\C=Cc2ccccc2C1)c1ccc(N(C2=C(c3ccc4oc5c6ccccc6ccc5c4c3)C=CCC2)c2ccc(-c3cccc(-n4c5ccccc5c5ccccc54)c3)cc2)cc1. The Labute approximate surface area is 402 Å². The topological polar surface area (TPSA) is 21.3 Å². The molecule has 0 unspecified atom stereocenters. The second kappa shape index (κ2) is 16.9. The summed E-state index contributed by atoms with van der Waals surface area (Å²) in [6, 6.07) is 73.2. The van der Waals surface area contributed by atoms with Gasteiger partial charge in [-0.1, -0.05) is 170 Å². The van der Waals surface area contributed by atoms with Crippen molar-refractivity contribution in [2.24, 2.45) is 0 Å². The average molecular weight is 885 g/mol. The Kier molecular flexibility index (Phi) is 9.94. The van der Waals surface area contributed by atoms with Crippen LogP contribution in [-0.4, -0.2) is 4.57 Å². The van der Waals surface area contributed by atoms with Gasteiger partial charge in [-0.15, -0.1) is 0 Å². The number of benzene rings is 9. The van der Waals surface area contributed by atoms with Crippen LogP contribution in [0, 0.1) is 0 Å². The second-order valence-electron chi connectivity index (χ2n) is 18.3. The Morgan fingerprint density at radius 1 is 0.551 bits per heavy atom. The van der Waals surface area contributed by atoms with Crippen molar-refractivity contribution in [1.82, 2.24) is 4.57 Å². The quantitative estimate of drug-likeness (QED) is 0.152. The van der Waals surface area contributed by atoms with E-state index in [2.05, 4.69) is 253 Å². The third-order valence-corrected chi connectivity index (χ3v) is 14.2.